The van der Waals surface area contributed by atoms with E-state index in [2.05, 4.69) is 25.9 Å². The van der Waals surface area contributed by atoms with Gasteiger partial charge in [0.1, 0.15) is 18.6 Å². The molecular weight excluding hydrogens is 510 g/mol. The molecule has 0 aliphatic rings. The lowest BCUT2D eigenvalue weighted by molar-refractivity contribution is -0.138. The topological polar surface area (TPSA) is 274 Å². The Bertz CT molecular complexity index is 1210. The summed E-state index contributed by atoms with van der Waals surface area (Å²) in [5.74, 6) is -4.30. The summed E-state index contributed by atoms with van der Waals surface area (Å²) in [7, 11) is 0. The summed E-state index contributed by atoms with van der Waals surface area (Å²) in [4.78, 5) is 67.7. The Hall–Kier alpha value is -4.66. The first kappa shape index (κ1) is 30.6. The number of carboxylic acid groups (broad SMARTS) is 1. The van der Waals surface area contributed by atoms with Gasteiger partial charge in [0, 0.05) is 30.1 Å². The zero-order valence-corrected chi connectivity index (χ0v) is 21.3. The second-order valence-corrected chi connectivity index (χ2v) is 8.86. The van der Waals surface area contributed by atoms with Gasteiger partial charge >= 0.3 is 5.97 Å². The Kier molecular flexibility index (Phi) is 11.7. The van der Waals surface area contributed by atoms with Crippen LogP contribution in [0.2, 0.25) is 0 Å². The highest BCUT2D eigenvalue weighted by Crippen LogP contribution is 2.18. The Morgan fingerprint density at radius 3 is 2.28 bits per heavy atom. The van der Waals surface area contributed by atoms with Gasteiger partial charge in [0.25, 0.3) is 0 Å². The molecule has 3 atom stereocenters. The number of amides is 4. The summed E-state index contributed by atoms with van der Waals surface area (Å²) in [6.07, 6.45) is 1.88. The Morgan fingerprint density at radius 2 is 1.62 bits per heavy atom. The molecule has 15 heteroatoms. The number of aromatic nitrogens is 1. The number of carbonyl (C=O) groups is 5. The average molecular weight is 546 g/mol. The van der Waals surface area contributed by atoms with Crippen LogP contribution in [0, 0.1) is 0 Å². The largest absolute Gasteiger partial charge is 0.480 e. The van der Waals surface area contributed by atoms with Crippen molar-refractivity contribution in [3.8, 4) is 0 Å². The molecule has 0 bridgehead atoms. The van der Waals surface area contributed by atoms with Crippen molar-refractivity contribution in [1.29, 1.82) is 0 Å². The van der Waals surface area contributed by atoms with Gasteiger partial charge < -0.3 is 49.0 Å². The molecule has 1 aromatic carbocycles. The summed E-state index contributed by atoms with van der Waals surface area (Å²) in [5.41, 5.74) is 23.6. The monoisotopic (exact) mass is 545 g/mol. The number of hydrogen-bond donors (Lipinski definition) is 9. The van der Waals surface area contributed by atoms with Gasteiger partial charge in [-0.3, -0.25) is 29.0 Å². The maximum atomic E-state index is 13.1. The number of para-hydroxylation sites is 1. The van der Waals surface area contributed by atoms with E-state index in [0.717, 1.165) is 16.5 Å². The maximum Gasteiger partial charge on any atom is 0.322 e. The lowest BCUT2D eigenvalue weighted by Gasteiger charge is -2.24. The second kappa shape index (κ2) is 14.9. The summed E-state index contributed by atoms with van der Waals surface area (Å²) in [5, 5.41) is 17.0. The van der Waals surface area contributed by atoms with Gasteiger partial charge in [0.2, 0.25) is 23.6 Å². The number of benzene rings is 1. The van der Waals surface area contributed by atoms with Gasteiger partial charge in [-0.1, -0.05) is 18.2 Å². The van der Waals surface area contributed by atoms with Crippen LogP contribution in [0.4, 0.5) is 0 Å². The van der Waals surface area contributed by atoms with Crippen molar-refractivity contribution in [3.63, 3.8) is 0 Å². The van der Waals surface area contributed by atoms with Crippen molar-refractivity contribution >= 4 is 46.5 Å². The van der Waals surface area contributed by atoms with Crippen LogP contribution in [-0.4, -0.2) is 76.9 Å². The molecule has 13 N–H and O–H groups in total. The number of nitrogens with one attached hydrogen (secondary N) is 4. The van der Waals surface area contributed by atoms with Crippen molar-refractivity contribution in [3.05, 3.63) is 36.0 Å². The highest BCUT2D eigenvalue weighted by Gasteiger charge is 2.28. The minimum absolute atomic E-state index is 0.0601. The first-order valence-corrected chi connectivity index (χ1v) is 12.2. The summed E-state index contributed by atoms with van der Waals surface area (Å²) in [6.45, 7) is -0.505. The smallest absolute Gasteiger partial charge is 0.322 e. The highest BCUT2D eigenvalue weighted by atomic mass is 16.4. The van der Waals surface area contributed by atoms with E-state index in [4.69, 9.17) is 28.0 Å². The van der Waals surface area contributed by atoms with E-state index in [0.29, 0.717) is 0 Å². The number of carbonyl (C=O) groups excluding carboxylic acids is 4. The van der Waals surface area contributed by atoms with E-state index in [1.807, 2.05) is 24.3 Å². The van der Waals surface area contributed by atoms with E-state index in [9.17, 15) is 24.0 Å². The Labute approximate surface area is 224 Å². The number of nitrogens with zero attached hydrogens (tertiary/aromatic N) is 1. The molecule has 0 fully saturated rings. The van der Waals surface area contributed by atoms with Crippen molar-refractivity contribution in [1.82, 2.24) is 20.9 Å². The van der Waals surface area contributed by atoms with Crippen molar-refractivity contribution in [2.45, 2.75) is 50.2 Å². The SMILES string of the molecule is NC(=O)CCC(NC(=O)C(N)Cc1c[nH]c2ccccc12)C(=O)NC(CCCN=C(N)N)C(=O)NCC(=O)O. The molecule has 0 aliphatic carbocycles. The van der Waals surface area contributed by atoms with Crippen LogP contribution in [0.25, 0.3) is 10.9 Å². The fraction of sp³-hybridized carbons (Fsp3) is 0.417. The predicted molar refractivity (Wildman–Crippen MR) is 143 cm³/mol. The molecule has 0 spiro atoms. The van der Waals surface area contributed by atoms with E-state index in [1.54, 1.807) is 6.20 Å². The zero-order valence-electron chi connectivity index (χ0n) is 21.3. The van der Waals surface area contributed by atoms with Crippen LogP contribution in [0.15, 0.2) is 35.5 Å². The number of rotatable bonds is 16. The molecule has 0 saturated heterocycles. The number of nitrogens with two attached hydrogens (primary N) is 4. The number of guanidine groups is 1. The predicted octanol–water partition coefficient (Wildman–Crippen LogP) is -2.47. The molecule has 0 aliphatic heterocycles. The summed E-state index contributed by atoms with van der Waals surface area (Å²) >= 11 is 0. The van der Waals surface area contributed by atoms with Crippen molar-refractivity contribution < 1.29 is 29.1 Å². The minimum atomic E-state index is -1.27. The van der Waals surface area contributed by atoms with Gasteiger partial charge in [-0.05, 0) is 37.3 Å². The number of aliphatic imine (C=N–C) groups is 1. The molecule has 212 valence electrons. The van der Waals surface area contributed by atoms with Crippen LogP contribution in [-0.2, 0) is 30.4 Å². The van der Waals surface area contributed by atoms with Crippen LogP contribution < -0.4 is 38.9 Å². The average Bonchev–Trinajstić information content (AvgIpc) is 3.28. The molecule has 1 aromatic heterocycles. The lowest BCUT2D eigenvalue weighted by Crippen LogP contribution is -2.56. The third kappa shape index (κ3) is 10.3. The number of H-pyrrole nitrogens is 1. The fourth-order valence-corrected chi connectivity index (χ4v) is 3.79. The summed E-state index contributed by atoms with van der Waals surface area (Å²) < 4.78 is 0. The van der Waals surface area contributed by atoms with Crippen LogP contribution >= 0.6 is 0 Å². The van der Waals surface area contributed by atoms with Crippen molar-refractivity contribution in [2.24, 2.45) is 27.9 Å². The van der Waals surface area contributed by atoms with Crippen LogP contribution in [0.3, 0.4) is 0 Å². The molecule has 2 aromatic rings. The van der Waals surface area contributed by atoms with E-state index < -0.39 is 54.3 Å². The lowest BCUT2D eigenvalue weighted by atomic mass is 10.0. The van der Waals surface area contributed by atoms with Crippen LogP contribution in [0.1, 0.15) is 31.2 Å². The fourth-order valence-electron chi connectivity index (χ4n) is 3.79. The van der Waals surface area contributed by atoms with E-state index in [-0.39, 0.29) is 44.6 Å². The Balaban J connectivity index is 2.11. The molecule has 1 heterocycles. The molecule has 2 rings (SSSR count). The van der Waals surface area contributed by atoms with Crippen LogP contribution in [0.5, 0.6) is 0 Å². The summed E-state index contributed by atoms with van der Waals surface area (Å²) in [6, 6.07) is 4.06. The van der Waals surface area contributed by atoms with Crippen molar-refractivity contribution in [2.75, 3.05) is 13.1 Å². The number of aromatic amines is 1. The first-order valence-electron chi connectivity index (χ1n) is 12.2. The molecule has 39 heavy (non-hydrogen) atoms. The number of hydrogen-bond acceptors (Lipinski definition) is 7. The molecule has 0 saturated carbocycles. The molecule has 15 nitrogen and oxygen atoms in total. The van der Waals surface area contributed by atoms with Gasteiger partial charge in [-0.25, -0.2) is 0 Å². The number of fused-ring (bicyclic) bond motifs is 1. The van der Waals surface area contributed by atoms with Gasteiger partial charge in [-0.2, -0.15) is 0 Å². The molecule has 4 amide bonds. The number of aliphatic carboxylic acids is 1. The van der Waals surface area contributed by atoms with Gasteiger partial charge in [-0.15, -0.1) is 0 Å². The minimum Gasteiger partial charge on any atom is -0.480 e. The quantitative estimate of drug-likeness (QED) is 0.0613. The van der Waals surface area contributed by atoms with Gasteiger partial charge in [0.05, 0.1) is 6.04 Å². The molecule has 3 unspecified atom stereocenters. The number of primary amides is 1. The van der Waals surface area contributed by atoms with E-state index in [1.165, 1.54) is 0 Å². The first-order chi connectivity index (χ1) is 18.5. The maximum absolute atomic E-state index is 13.1. The zero-order chi connectivity index (χ0) is 28.9. The Morgan fingerprint density at radius 1 is 0.949 bits per heavy atom. The second-order valence-electron chi connectivity index (χ2n) is 8.86. The van der Waals surface area contributed by atoms with Gasteiger partial charge in [0.15, 0.2) is 5.96 Å². The third-order valence-electron chi connectivity index (χ3n) is 5.76. The highest BCUT2D eigenvalue weighted by molar-refractivity contribution is 5.94. The van der Waals surface area contributed by atoms with E-state index >= 15 is 0 Å². The molecule has 0 radical (unpaired) electrons. The number of carboxylic acids is 1. The third-order valence-corrected chi connectivity index (χ3v) is 5.76. The standard InChI is InChI=1S/C24H35N9O6/c25-15(10-13-11-30-16-5-2-1-4-14(13)16)21(37)32-18(7-8-19(26)34)23(39)33-17(6-3-9-29-24(27)28)22(38)31-12-20(35)36/h1-2,4-5,11,15,17-18,30H,3,6-10,12,25H2,(H2,26,34)(H,31,38)(H,32,37)(H,33,39)(H,35,36)(H4,27,28,29). The molecular formula is C24H35N9O6. The normalized spacial score (nSPS) is 13.1.